The lowest BCUT2D eigenvalue weighted by molar-refractivity contribution is 0.0589. The lowest BCUT2D eigenvalue weighted by atomic mass is 9.96. The van der Waals surface area contributed by atoms with Gasteiger partial charge in [0, 0.05) is 30.2 Å². The molecule has 1 unspecified atom stereocenters. The molecule has 9 heteroatoms. The summed E-state index contributed by atoms with van der Waals surface area (Å²) < 4.78 is 0. The summed E-state index contributed by atoms with van der Waals surface area (Å²) >= 11 is 6.37. The number of aryl methyl sites for hydroxylation is 1. The largest absolute Gasteiger partial charge is 0.362 e. The summed E-state index contributed by atoms with van der Waals surface area (Å²) in [5.74, 6) is -0.0603. The van der Waals surface area contributed by atoms with Gasteiger partial charge in [0.25, 0.3) is 5.91 Å². The molecule has 0 radical (unpaired) electrons. The van der Waals surface area contributed by atoms with Crippen LogP contribution in [0.5, 0.6) is 0 Å². The molecule has 3 amide bonds. The molecule has 8 nitrogen and oxygen atoms in total. The Hall–Kier alpha value is -4.22. The van der Waals surface area contributed by atoms with Crippen molar-refractivity contribution in [3.05, 3.63) is 94.5 Å². The highest BCUT2D eigenvalue weighted by Crippen LogP contribution is 2.40. The van der Waals surface area contributed by atoms with E-state index in [1.54, 1.807) is 0 Å². The fourth-order valence-corrected chi connectivity index (χ4v) is 5.42. The molecule has 0 fully saturated rings. The Bertz CT molecular complexity index is 1370. The summed E-state index contributed by atoms with van der Waals surface area (Å²) in [6.07, 6.45) is 1.96. The molecule has 0 spiro atoms. The number of urea groups is 1. The number of carbonyl (C=O) groups is 2. The number of nitriles is 1. The predicted molar refractivity (Wildman–Crippen MR) is 159 cm³/mol. The van der Waals surface area contributed by atoms with Gasteiger partial charge >= 0.3 is 6.03 Å². The average Bonchev–Trinajstić information content (AvgIpc) is 3.26. The van der Waals surface area contributed by atoms with Gasteiger partial charge in [-0.05, 0) is 55.2 Å². The van der Waals surface area contributed by atoms with Crippen molar-refractivity contribution in [3.8, 4) is 6.19 Å². The molecule has 4 rings (SSSR count). The number of hydrogen-bond donors (Lipinski definition) is 2. The lowest BCUT2D eigenvalue weighted by Gasteiger charge is -2.42. The Morgan fingerprint density at radius 2 is 1.77 bits per heavy atom. The van der Waals surface area contributed by atoms with Crippen LogP contribution < -0.4 is 16.0 Å². The van der Waals surface area contributed by atoms with Crippen LogP contribution in [0.3, 0.4) is 0 Å². The fourth-order valence-electron chi connectivity index (χ4n) is 5.25. The van der Waals surface area contributed by atoms with Crippen molar-refractivity contribution < 1.29 is 9.59 Å². The highest BCUT2D eigenvalue weighted by molar-refractivity contribution is 6.31. The Balaban J connectivity index is 1.72. The first-order chi connectivity index (χ1) is 19.2. The Morgan fingerprint density at radius 1 is 1.07 bits per heavy atom. The first-order valence-corrected chi connectivity index (χ1v) is 13.8. The smallest absolute Gasteiger partial charge is 0.327 e. The van der Waals surface area contributed by atoms with Gasteiger partial charge in [0.05, 0.1) is 17.4 Å². The van der Waals surface area contributed by atoms with Gasteiger partial charge in [-0.2, -0.15) is 5.26 Å². The molecule has 40 heavy (non-hydrogen) atoms. The van der Waals surface area contributed by atoms with Crippen LogP contribution in [0.1, 0.15) is 41.8 Å². The molecule has 0 saturated heterocycles. The van der Waals surface area contributed by atoms with Gasteiger partial charge in [-0.25, -0.2) is 9.69 Å². The van der Waals surface area contributed by atoms with Gasteiger partial charge in [0.15, 0.2) is 6.19 Å². The molecule has 1 aliphatic heterocycles. The van der Waals surface area contributed by atoms with Crippen molar-refractivity contribution in [1.82, 2.24) is 9.80 Å². The predicted octanol–water partition coefficient (Wildman–Crippen LogP) is 5.83. The summed E-state index contributed by atoms with van der Waals surface area (Å²) in [6, 6.07) is 22.5. The number of hydrogen-bond acceptors (Lipinski definition) is 5. The zero-order valence-electron chi connectivity index (χ0n) is 23.0. The van der Waals surface area contributed by atoms with Crippen LogP contribution in [-0.4, -0.2) is 47.0 Å². The quantitative estimate of drug-likeness (QED) is 0.241. The van der Waals surface area contributed by atoms with E-state index in [2.05, 4.69) is 36.2 Å². The van der Waals surface area contributed by atoms with E-state index in [0.717, 1.165) is 27.4 Å². The van der Waals surface area contributed by atoms with Crippen molar-refractivity contribution in [3.63, 3.8) is 0 Å². The third-order valence-corrected chi connectivity index (χ3v) is 7.43. The van der Waals surface area contributed by atoms with Crippen molar-refractivity contribution in [2.75, 3.05) is 23.3 Å². The maximum absolute atomic E-state index is 14.1. The number of benzene rings is 3. The number of amides is 3. The second-order valence-electron chi connectivity index (χ2n) is 10.4. The zero-order chi connectivity index (χ0) is 28.8. The fraction of sp³-hybridized carbons (Fsp3) is 0.323. The van der Waals surface area contributed by atoms with Crippen molar-refractivity contribution in [2.24, 2.45) is 11.7 Å². The topological polar surface area (TPSA) is 106 Å². The van der Waals surface area contributed by atoms with Crippen LogP contribution in [0, 0.1) is 24.3 Å². The minimum Gasteiger partial charge on any atom is -0.362 e. The number of rotatable bonds is 10. The maximum atomic E-state index is 14.1. The minimum absolute atomic E-state index is 0.0539. The molecule has 3 aromatic carbocycles. The monoisotopic (exact) mass is 558 g/mol. The molecular formula is C31H35ClN6O2. The van der Waals surface area contributed by atoms with E-state index in [-0.39, 0.29) is 30.6 Å². The van der Waals surface area contributed by atoms with E-state index in [9.17, 15) is 14.9 Å². The van der Waals surface area contributed by atoms with Gasteiger partial charge in [-0.15, -0.1) is 0 Å². The van der Waals surface area contributed by atoms with Gasteiger partial charge in [-0.1, -0.05) is 73.5 Å². The molecule has 0 saturated carbocycles. The number of primary amides is 1. The standard InChI is InChI=1S/C31H35ClN6O2/c1-21(2)28(29-35-26-18-25(32)14-15-27(26)38(29)19-23-8-5-4-6-9-23)37(17-7-16-36(20-33)31(34)40)30(39)24-12-10-22(3)11-13-24/h4-6,8-15,18,21,28-29,35H,7,16-17,19H2,1-3H3,(H2,34,40)/t28-,29?/m1/s1. The molecule has 0 aliphatic carbocycles. The van der Waals surface area contributed by atoms with E-state index < -0.39 is 6.03 Å². The average molecular weight is 559 g/mol. The number of fused-ring (bicyclic) bond motifs is 1. The molecule has 2 atom stereocenters. The van der Waals surface area contributed by atoms with Crippen molar-refractivity contribution >= 4 is 34.9 Å². The zero-order valence-corrected chi connectivity index (χ0v) is 23.8. The maximum Gasteiger partial charge on any atom is 0.327 e. The highest BCUT2D eigenvalue weighted by atomic mass is 35.5. The van der Waals surface area contributed by atoms with Crippen LogP contribution in [0.2, 0.25) is 5.02 Å². The molecule has 3 N–H and O–H groups in total. The van der Waals surface area contributed by atoms with Crippen molar-refractivity contribution in [1.29, 1.82) is 5.26 Å². The van der Waals surface area contributed by atoms with Gasteiger partial charge in [-0.3, -0.25) is 4.79 Å². The molecule has 1 heterocycles. The van der Waals surface area contributed by atoms with E-state index in [1.807, 2.05) is 78.7 Å². The number of nitrogens with one attached hydrogen (secondary N) is 1. The van der Waals surface area contributed by atoms with Gasteiger partial charge in [0.2, 0.25) is 0 Å². The summed E-state index contributed by atoms with van der Waals surface area (Å²) in [7, 11) is 0. The van der Waals surface area contributed by atoms with Crippen LogP contribution in [0.4, 0.5) is 16.2 Å². The molecule has 0 bridgehead atoms. The van der Waals surface area contributed by atoms with E-state index in [0.29, 0.717) is 30.1 Å². The highest BCUT2D eigenvalue weighted by Gasteiger charge is 2.41. The molecule has 208 valence electrons. The minimum atomic E-state index is -0.807. The van der Waals surface area contributed by atoms with Crippen LogP contribution in [0.25, 0.3) is 0 Å². The molecule has 1 aliphatic rings. The third-order valence-electron chi connectivity index (χ3n) is 7.20. The second kappa shape index (κ2) is 12.8. The Morgan fingerprint density at radius 3 is 2.40 bits per heavy atom. The first-order valence-electron chi connectivity index (χ1n) is 13.4. The van der Waals surface area contributed by atoms with E-state index >= 15 is 0 Å². The Kier molecular flexibility index (Phi) is 9.18. The van der Waals surface area contributed by atoms with Gasteiger partial charge < -0.3 is 20.9 Å². The number of carbonyl (C=O) groups excluding carboxylic acids is 2. The first kappa shape index (κ1) is 28.8. The van der Waals surface area contributed by atoms with Crippen LogP contribution >= 0.6 is 11.6 Å². The van der Waals surface area contributed by atoms with Crippen LogP contribution in [0.15, 0.2) is 72.8 Å². The molecule has 3 aromatic rings. The van der Waals surface area contributed by atoms with Crippen molar-refractivity contribution in [2.45, 2.75) is 45.9 Å². The number of halogens is 1. The third kappa shape index (κ3) is 6.49. The number of nitrogens with zero attached hydrogens (tertiary/aromatic N) is 4. The summed E-state index contributed by atoms with van der Waals surface area (Å²) in [5.41, 5.74) is 10.0. The number of nitrogens with two attached hydrogens (primary N) is 1. The lowest BCUT2D eigenvalue weighted by Crippen LogP contribution is -2.57. The van der Waals surface area contributed by atoms with E-state index in [1.165, 1.54) is 0 Å². The van der Waals surface area contributed by atoms with E-state index in [4.69, 9.17) is 17.3 Å². The van der Waals surface area contributed by atoms with Crippen LogP contribution in [-0.2, 0) is 6.54 Å². The summed E-state index contributed by atoms with van der Waals surface area (Å²) in [6.45, 7) is 7.26. The molecular weight excluding hydrogens is 524 g/mol. The normalized spacial score (nSPS) is 14.7. The van der Waals surface area contributed by atoms with Gasteiger partial charge in [0.1, 0.15) is 6.17 Å². The Labute approximate surface area is 240 Å². The molecule has 0 aromatic heterocycles. The summed E-state index contributed by atoms with van der Waals surface area (Å²) in [4.78, 5) is 30.8. The summed E-state index contributed by atoms with van der Waals surface area (Å²) in [5, 5.41) is 13.6. The SMILES string of the molecule is Cc1ccc(C(=O)N(CCCN(C#N)C(N)=O)[C@H](C(C)C)C2Nc3cc(Cl)ccc3N2Cc2ccccc2)cc1. The second-order valence-corrected chi connectivity index (χ2v) is 10.8. The number of anilines is 2.